The van der Waals surface area contributed by atoms with Crippen molar-refractivity contribution >= 4 is 11.6 Å². The average molecular weight is 236 g/mol. The van der Waals surface area contributed by atoms with E-state index < -0.39 is 5.82 Å². The molecular weight excluding hydrogens is 219 g/mol. The first kappa shape index (κ1) is 11.9. The second-order valence-corrected chi connectivity index (χ2v) is 4.59. The maximum Gasteiger partial charge on any atom is 0.253 e. The van der Waals surface area contributed by atoms with Crippen LogP contribution in [0, 0.1) is 5.82 Å². The van der Waals surface area contributed by atoms with Crippen molar-refractivity contribution in [1.29, 1.82) is 0 Å². The fourth-order valence-electron chi connectivity index (χ4n) is 2.34. The van der Waals surface area contributed by atoms with Crippen LogP contribution in [0.5, 0.6) is 0 Å². The number of hydrogen-bond acceptors (Lipinski definition) is 2. The Kier molecular flexibility index (Phi) is 3.31. The van der Waals surface area contributed by atoms with Crippen LogP contribution < -0.4 is 5.73 Å². The predicted octanol–water partition coefficient (Wildman–Crippen LogP) is 2.42. The second-order valence-electron chi connectivity index (χ2n) is 4.59. The Hall–Kier alpha value is -1.58. The van der Waals surface area contributed by atoms with Gasteiger partial charge in [0.25, 0.3) is 5.91 Å². The van der Waals surface area contributed by atoms with E-state index in [0.29, 0.717) is 11.6 Å². The molecule has 0 aromatic heterocycles. The van der Waals surface area contributed by atoms with Crippen molar-refractivity contribution in [3.63, 3.8) is 0 Å². The van der Waals surface area contributed by atoms with Gasteiger partial charge in [-0.2, -0.15) is 0 Å². The van der Waals surface area contributed by atoms with Crippen LogP contribution in [0.4, 0.5) is 10.1 Å². The van der Waals surface area contributed by atoms with Gasteiger partial charge < -0.3 is 10.6 Å². The summed E-state index contributed by atoms with van der Waals surface area (Å²) in [7, 11) is 1.80. The SMILES string of the molecule is CN(C(=O)c1ccc(F)c(N)c1)C1CCCC1. The van der Waals surface area contributed by atoms with Crippen LogP contribution in [-0.2, 0) is 0 Å². The molecule has 3 nitrogen and oxygen atoms in total. The molecule has 1 aromatic carbocycles. The highest BCUT2D eigenvalue weighted by molar-refractivity contribution is 5.95. The van der Waals surface area contributed by atoms with E-state index in [4.69, 9.17) is 5.73 Å². The Balaban J connectivity index is 2.15. The third-order valence-corrected chi connectivity index (χ3v) is 3.44. The van der Waals surface area contributed by atoms with Crippen molar-refractivity contribution < 1.29 is 9.18 Å². The van der Waals surface area contributed by atoms with Gasteiger partial charge in [0, 0.05) is 18.7 Å². The van der Waals surface area contributed by atoms with Crippen molar-refractivity contribution in [1.82, 2.24) is 4.90 Å². The van der Waals surface area contributed by atoms with Gasteiger partial charge in [-0.1, -0.05) is 12.8 Å². The molecule has 1 amide bonds. The van der Waals surface area contributed by atoms with E-state index in [1.807, 2.05) is 0 Å². The van der Waals surface area contributed by atoms with Crippen LogP contribution >= 0.6 is 0 Å². The summed E-state index contributed by atoms with van der Waals surface area (Å²) in [4.78, 5) is 13.9. The first-order chi connectivity index (χ1) is 8.09. The number of hydrogen-bond donors (Lipinski definition) is 1. The second kappa shape index (κ2) is 4.73. The Morgan fingerprint density at radius 3 is 2.65 bits per heavy atom. The molecule has 0 unspecified atom stereocenters. The highest BCUT2D eigenvalue weighted by Gasteiger charge is 2.24. The fraction of sp³-hybridized carbons (Fsp3) is 0.462. The van der Waals surface area contributed by atoms with E-state index in [1.54, 1.807) is 11.9 Å². The topological polar surface area (TPSA) is 46.3 Å². The molecule has 1 fully saturated rings. The maximum atomic E-state index is 13.0. The normalized spacial score (nSPS) is 16.1. The first-order valence-corrected chi connectivity index (χ1v) is 5.92. The van der Waals surface area contributed by atoms with Crippen molar-refractivity contribution in [3.05, 3.63) is 29.6 Å². The van der Waals surface area contributed by atoms with Crippen molar-refractivity contribution in [2.45, 2.75) is 31.7 Å². The summed E-state index contributed by atoms with van der Waals surface area (Å²) in [6.07, 6.45) is 4.46. The van der Waals surface area contributed by atoms with E-state index in [1.165, 1.54) is 31.0 Å². The molecule has 0 radical (unpaired) electrons. The molecule has 0 heterocycles. The third kappa shape index (κ3) is 2.40. The van der Waals surface area contributed by atoms with Crippen LogP contribution in [0.15, 0.2) is 18.2 Å². The molecule has 0 bridgehead atoms. The standard InChI is InChI=1S/C13H17FN2O/c1-16(10-4-2-3-5-10)13(17)9-6-7-11(14)12(15)8-9/h6-8,10H,2-5,15H2,1H3. The zero-order valence-electron chi connectivity index (χ0n) is 9.95. The van der Waals surface area contributed by atoms with Crippen LogP contribution in [0.3, 0.4) is 0 Å². The van der Waals surface area contributed by atoms with E-state index >= 15 is 0 Å². The molecule has 4 heteroatoms. The lowest BCUT2D eigenvalue weighted by Gasteiger charge is -2.24. The minimum Gasteiger partial charge on any atom is -0.396 e. The summed E-state index contributed by atoms with van der Waals surface area (Å²) in [6.45, 7) is 0. The summed E-state index contributed by atoms with van der Waals surface area (Å²) in [5.41, 5.74) is 5.95. The lowest BCUT2D eigenvalue weighted by atomic mass is 10.1. The molecule has 1 aliphatic carbocycles. The Bertz CT molecular complexity index is 427. The Morgan fingerprint density at radius 2 is 2.06 bits per heavy atom. The molecule has 1 saturated carbocycles. The van der Waals surface area contributed by atoms with Crippen LogP contribution in [-0.4, -0.2) is 23.9 Å². The highest BCUT2D eigenvalue weighted by atomic mass is 19.1. The smallest absolute Gasteiger partial charge is 0.253 e. The number of nitrogens with two attached hydrogens (primary N) is 1. The number of nitrogen functional groups attached to an aromatic ring is 1. The van der Waals surface area contributed by atoms with Gasteiger partial charge in [0.2, 0.25) is 0 Å². The van der Waals surface area contributed by atoms with Crippen LogP contribution in [0.2, 0.25) is 0 Å². The van der Waals surface area contributed by atoms with Gasteiger partial charge in [-0.05, 0) is 31.0 Å². The first-order valence-electron chi connectivity index (χ1n) is 5.92. The molecule has 0 aliphatic heterocycles. The predicted molar refractivity (Wildman–Crippen MR) is 65.2 cm³/mol. The zero-order valence-corrected chi connectivity index (χ0v) is 9.95. The molecule has 0 spiro atoms. The monoisotopic (exact) mass is 236 g/mol. The number of nitrogens with zero attached hydrogens (tertiary/aromatic N) is 1. The summed E-state index contributed by atoms with van der Waals surface area (Å²) >= 11 is 0. The number of amides is 1. The largest absolute Gasteiger partial charge is 0.396 e. The van der Waals surface area contributed by atoms with Gasteiger partial charge in [-0.3, -0.25) is 4.79 Å². The zero-order chi connectivity index (χ0) is 12.4. The minimum absolute atomic E-state index is 0.0238. The minimum atomic E-state index is -0.481. The van der Waals surface area contributed by atoms with Crippen molar-refractivity contribution in [2.24, 2.45) is 0 Å². The molecule has 17 heavy (non-hydrogen) atoms. The van der Waals surface area contributed by atoms with Crippen LogP contribution in [0.1, 0.15) is 36.0 Å². The molecule has 2 N–H and O–H groups in total. The highest BCUT2D eigenvalue weighted by Crippen LogP contribution is 2.24. The molecule has 1 aromatic rings. The lowest BCUT2D eigenvalue weighted by molar-refractivity contribution is 0.0735. The van der Waals surface area contributed by atoms with Gasteiger partial charge in [0.1, 0.15) is 5.82 Å². The number of halogens is 1. The maximum absolute atomic E-state index is 13.0. The number of benzene rings is 1. The van der Waals surface area contributed by atoms with E-state index in [-0.39, 0.29) is 11.6 Å². The number of carbonyl (C=O) groups excluding carboxylic acids is 1. The van der Waals surface area contributed by atoms with Gasteiger partial charge >= 0.3 is 0 Å². The van der Waals surface area contributed by atoms with Crippen molar-refractivity contribution in [3.8, 4) is 0 Å². The molecule has 92 valence electrons. The molecule has 0 atom stereocenters. The Labute approximate surface area is 100 Å². The quantitative estimate of drug-likeness (QED) is 0.801. The fourth-order valence-corrected chi connectivity index (χ4v) is 2.34. The van der Waals surface area contributed by atoms with Crippen LogP contribution in [0.25, 0.3) is 0 Å². The molecular formula is C13H17FN2O. The van der Waals surface area contributed by atoms with Crippen molar-refractivity contribution in [2.75, 3.05) is 12.8 Å². The summed E-state index contributed by atoms with van der Waals surface area (Å²) in [5, 5.41) is 0. The summed E-state index contributed by atoms with van der Waals surface area (Å²) < 4.78 is 13.0. The molecule has 1 aliphatic rings. The van der Waals surface area contributed by atoms with Gasteiger partial charge in [-0.25, -0.2) is 4.39 Å². The lowest BCUT2D eigenvalue weighted by Crippen LogP contribution is -2.35. The average Bonchev–Trinajstić information content (AvgIpc) is 2.84. The Morgan fingerprint density at radius 1 is 1.41 bits per heavy atom. The molecule has 0 saturated heterocycles. The molecule has 2 rings (SSSR count). The number of carbonyl (C=O) groups is 1. The van der Waals surface area contributed by atoms with E-state index in [9.17, 15) is 9.18 Å². The number of rotatable bonds is 2. The number of anilines is 1. The van der Waals surface area contributed by atoms with Gasteiger partial charge in [0.15, 0.2) is 0 Å². The van der Waals surface area contributed by atoms with Gasteiger partial charge in [0.05, 0.1) is 5.69 Å². The third-order valence-electron chi connectivity index (χ3n) is 3.44. The summed E-state index contributed by atoms with van der Waals surface area (Å²) in [5.74, 6) is -0.561. The van der Waals surface area contributed by atoms with E-state index in [2.05, 4.69) is 0 Å². The van der Waals surface area contributed by atoms with E-state index in [0.717, 1.165) is 12.8 Å². The summed E-state index contributed by atoms with van der Waals surface area (Å²) in [6, 6.07) is 4.45. The van der Waals surface area contributed by atoms with Gasteiger partial charge in [-0.15, -0.1) is 0 Å².